The molecule has 8 heteroatoms. The van der Waals surface area contributed by atoms with Gasteiger partial charge < -0.3 is 10.3 Å². The van der Waals surface area contributed by atoms with Gasteiger partial charge in [0.2, 0.25) is 5.95 Å². The second-order valence-electron chi connectivity index (χ2n) is 4.10. The van der Waals surface area contributed by atoms with Gasteiger partial charge in [-0.15, -0.1) is 0 Å². The first-order valence-corrected chi connectivity index (χ1v) is 5.83. The van der Waals surface area contributed by atoms with Crippen LogP contribution in [0, 0.1) is 5.82 Å². The van der Waals surface area contributed by atoms with Crippen LogP contribution in [0.25, 0.3) is 11.0 Å². The molecule has 0 aliphatic heterocycles. The van der Waals surface area contributed by atoms with Gasteiger partial charge in [-0.3, -0.25) is 0 Å². The fourth-order valence-corrected chi connectivity index (χ4v) is 1.97. The predicted molar refractivity (Wildman–Crippen MR) is 64.4 cm³/mol. The fraction of sp³-hybridized carbons (Fsp3) is 0.364. The number of nitrogens with zero attached hydrogens (tertiary/aromatic N) is 2. The number of nitrogens with two attached hydrogens (primary N) is 1. The number of alkyl halides is 3. The maximum atomic E-state index is 13.4. The van der Waals surface area contributed by atoms with Crippen molar-refractivity contribution in [1.82, 2.24) is 9.55 Å². The number of aromatic nitrogens is 2. The topological polar surface area (TPSA) is 43.8 Å². The van der Waals surface area contributed by atoms with E-state index < -0.39 is 18.4 Å². The van der Waals surface area contributed by atoms with Crippen molar-refractivity contribution in [2.75, 3.05) is 5.73 Å². The third-order valence-electron chi connectivity index (χ3n) is 2.66. The van der Waals surface area contributed by atoms with Crippen LogP contribution in [-0.2, 0) is 6.54 Å². The molecule has 1 aromatic carbocycles. The number of hydrogen-bond donors (Lipinski definition) is 1. The van der Waals surface area contributed by atoms with E-state index in [9.17, 15) is 17.6 Å². The molecule has 0 atom stereocenters. The van der Waals surface area contributed by atoms with Gasteiger partial charge in [0.1, 0.15) is 5.82 Å². The highest BCUT2D eigenvalue weighted by Crippen LogP contribution is 2.26. The molecule has 0 bridgehead atoms. The second kappa shape index (κ2) is 4.88. The van der Waals surface area contributed by atoms with E-state index in [2.05, 4.69) is 4.98 Å². The van der Waals surface area contributed by atoms with Gasteiger partial charge in [0.25, 0.3) is 0 Å². The van der Waals surface area contributed by atoms with E-state index in [0.29, 0.717) is 11.0 Å². The summed E-state index contributed by atoms with van der Waals surface area (Å²) in [4.78, 5) is 3.94. The van der Waals surface area contributed by atoms with E-state index in [1.54, 1.807) is 0 Å². The normalized spacial score (nSPS) is 12.3. The Kier molecular flexibility index (Phi) is 3.58. The molecule has 0 aliphatic carbocycles. The number of benzene rings is 1. The number of rotatable bonds is 3. The molecule has 2 rings (SSSR count). The van der Waals surface area contributed by atoms with Crippen molar-refractivity contribution in [3.63, 3.8) is 0 Å². The molecule has 104 valence electrons. The lowest BCUT2D eigenvalue weighted by atomic mass is 10.2. The molecule has 0 radical (unpaired) electrons. The summed E-state index contributed by atoms with van der Waals surface area (Å²) in [7, 11) is 0. The Labute approximate surface area is 111 Å². The average Bonchev–Trinajstić information content (AvgIpc) is 2.55. The van der Waals surface area contributed by atoms with Crippen LogP contribution < -0.4 is 5.73 Å². The molecule has 0 unspecified atom stereocenters. The van der Waals surface area contributed by atoms with Crippen molar-refractivity contribution in [3.8, 4) is 0 Å². The lowest BCUT2D eigenvalue weighted by molar-refractivity contribution is -0.135. The molecule has 2 aromatic rings. The number of nitrogen functional groups attached to an aromatic ring is 1. The second-order valence-corrected chi connectivity index (χ2v) is 4.50. The zero-order chi connectivity index (χ0) is 14.2. The van der Waals surface area contributed by atoms with Gasteiger partial charge in [-0.25, -0.2) is 9.37 Å². The first kappa shape index (κ1) is 13.9. The number of halogens is 5. The minimum absolute atomic E-state index is 0.0168. The third-order valence-corrected chi connectivity index (χ3v) is 2.95. The summed E-state index contributed by atoms with van der Waals surface area (Å²) in [6.45, 7) is 0.0168. The number of aryl methyl sites for hydroxylation is 1. The molecule has 0 fully saturated rings. The molecule has 0 saturated heterocycles. The van der Waals surface area contributed by atoms with Crippen molar-refractivity contribution in [3.05, 3.63) is 23.0 Å². The smallest absolute Gasteiger partial charge is 0.369 e. The van der Waals surface area contributed by atoms with Crippen molar-refractivity contribution in [1.29, 1.82) is 0 Å². The monoisotopic (exact) mass is 295 g/mol. The minimum Gasteiger partial charge on any atom is -0.369 e. The summed E-state index contributed by atoms with van der Waals surface area (Å²) < 4.78 is 50.9. The van der Waals surface area contributed by atoms with Gasteiger partial charge in [-0.1, -0.05) is 11.6 Å². The summed E-state index contributed by atoms with van der Waals surface area (Å²) in [5.41, 5.74) is 6.30. The van der Waals surface area contributed by atoms with Gasteiger partial charge in [0.15, 0.2) is 0 Å². The maximum Gasteiger partial charge on any atom is 0.389 e. The Balaban J connectivity index is 2.27. The summed E-state index contributed by atoms with van der Waals surface area (Å²) >= 11 is 5.60. The van der Waals surface area contributed by atoms with E-state index in [0.717, 1.165) is 6.07 Å². The van der Waals surface area contributed by atoms with Gasteiger partial charge in [-0.2, -0.15) is 13.2 Å². The van der Waals surface area contributed by atoms with Gasteiger partial charge >= 0.3 is 6.18 Å². The third kappa shape index (κ3) is 3.09. The van der Waals surface area contributed by atoms with Crippen molar-refractivity contribution < 1.29 is 17.6 Å². The number of hydrogen-bond acceptors (Lipinski definition) is 2. The molecule has 19 heavy (non-hydrogen) atoms. The van der Waals surface area contributed by atoms with Gasteiger partial charge in [-0.05, 0) is 12.5 Å². The van der Waals surface area contributed by atoms with E-state index in [1.165, 1.54) is 10.6 Å². The van der Waals surface area contributed by atoms with E-state index in [1.807, 2.05) is 0 Å². The highest BCUT2D eigenvalue weighted by molar-refractivity contribution is 6.31. The van der Waals surface area contributed by atoms with Crippen molar-refractivity contribution in [2.45, 2.75) is 25.6 Å². The lowest BCUT2D eigenvalue weighted by Gasteiger charge is -2.08. The average molecular weight is 296 g/mol. The zero-order valence-corrected chi connectivity index (χ0v) is 10.4. The van der Waals surface area contributed by atoms with Crippen LogP contribution >= 0.6 is 11.6 Å². The van der Waals surface area contributed by atoms with Crippen molar-refractivity contribution >= 4 is 28.6 Å². The van der Waals surface area contributed by atoms with Crippen LogP contribution in [-0.4, -0.2) is 15.7 Å². The Morgan fingerprint density at radius 1 is 1.32 bits per heavy atom. The quantitative estimate of drug-likeness (QED) is 0.876. The SMILES string of the molecule is Nc1nc2cc(Cl)c(F)cc2n1CCCC(F)(F)F. The summed E-state index contributed by atoms with van der Waals surface area (Å²) in [5.74, 6) is -0.620. The Bertz CT molecular complexity index is 606. The molecular weight excluding hydrogens is 286 g/mol. The first-order valence-electron chi connectivity index (χ1n) is 5.45. The molecule has 1 aromatic heterocycles. The molecule has 0 amide bonds. The summed E-state index contributed by atoms with van der Waals surface area (Å²) in [6, 6.07) is 2.41. The number of imidazole rings is 1. The number of anilines is 1. The molecular formula is C11H10ClF4N3. The van der Waals surface area contributed by atoms with Gasteiger partial charge in [0.05, 0.1) is 16.1 Å². The Morgan fingerprint density at radius 3 is 2.63 bits per heavy atom. The van der Waals surface area contributed by atoms with Gasteiger partial charge in [0, 0.05) is 19.0 Å². The molecule has 0 saturated carbocycles. The number of fused-ring (bicyclic) bond motifs is 1. The standard InChI is InChI=1S/C11H10ClF4N3/c12-6-4-8-9(5-7(6)13)19(10(17)18-8)3-1-2-11(14,15)16/h4-5H,1-3H2,(H2,17,18). The van der Waals surface area contributed by atoms with Crippen molar-refractivity contribution in [2.24, 2.45) is 0 Å². The van der Waals surface area contributed by atoms with Crippen LogP contribution in [0.5, 0.6) is 0 Å². The Hall–Kier alpha value is -1.50. The molecule has 3 nitrogen and oxygen atoms in total. The first-order chi connectivity index (χ1) is 8.78. The molecule has 1 heterocycles. The summed E-state index contributed by atoms with van der Waals surface area (Å²) in [5, 5.41) is -0.104. The zero-order valence-electron chi connectivity index (χ0n) is 9.64. The minimum atomic E-state index is -4.22. The van der Waals surface area contributed by atoms with Crippen LogP contribution in [0.3, 0.4) is 0 Å². The van der Waals surface area contributed by atoms with E-state index >= 15 is 0 Å². The van der Waals surface area contributed by atoms with E-state index in [-0.39, 0.29) is 23.9 Å². The van der Waals surface area contributed by atoms with Crippen LogP contribution in [0.2, 0.25) is 5.02 Å². The highest BCUT2D eigenvalue weighted by Gasteiger charge is 2.26. The van der Waals surface area contributed by atoms with Crippen LogP contribution in [0.1, 0.15) is 12.8 Å². The Morgan fingerprint density at radius 2 is 2.00 bits per heavy atom. The predicted octanol–water partition coefficient (Wildman–Crippen LogP) is 3.75. The van der Waals surface area contributed by atoms with E-state index in [4.69, 9.17) is 17.3 Å². The van der Waals surface area contributed by atoms with Crippen LogP contribution in [0.15, 0.2) is 12.1 Å². The maximum absolute atomic E-state index is 13.4. The molecule has 0 aliphatic rings. The largest absolute Gasteiger partial charge is 0.389 e. The molecule has 2 N–H and O–H groups in total. The molecule has 0 spiro atoms. The van der Waals surface area contributed by atoms with Crippen LogP contribution in [0.4, 0.5) is 23.5 Å². The summed E-state index contributed by atoms with van der Waals surface area (Å²) in [6.07, 6.45) is -5.30. The lowest BCUT2D eigenvalue weighted by Crippen LogP contribution is -2.10. The highest BCUT2D eigenvalue weighted by atomic mass is 35.5. The fourth-order valence-electron chi connectivity index (χ4n) is 1.81.